The Labute approximate surface area is 135 Å². The van der Waals surface area contributed by atoms with Crippen molar-refractivity contribution in [3.63, 3.8) is 0 Å². The maximum atomic E-state index is 12.1. The molecule has 0 spiro atoms. The van der Waals surface area contributed by atoms with Crippen molar-refractivity contribution in [2.75, 3.05) is 20.1 Å². The van der Waals surface area contributed by atoms with Crippen LogP contribution in [0.3, 0.4) is 0 Å². The first-order valence-electron chi connectivity index (χ1n) is 6.44. The van der Waals surface area contributed by atoms with Gasteiger partial charge in [-0.1, -0.05) is 0 Å². The lowest BCUT2D eigenvalue weighted by molar-refractivity contribution is -0.122. The number of carbonyl (C=O) groups is 2. The van der Waals surface area contributed by atoms with Crippen LogP contribution in [0.4, 0.5) is 0 Å². The molecule has 0 atom stereocenters. The van der Waals surface area contributed by atoms with Crippen LogP contribution in [-0.4, -0.2) is 47.4 Å². The monoisotopic (exact) mass is 334 g/mol. The topological polar surface area (TPSA) is 88.3 Å². The molecule has 0 saturated heterocycles. The van der Waals surface area contributed by atoms with Gasteiger partial charge in [0.15, 0.2) is 0 Å². The van der Waals surface area contributed by atoms with Gasteiger partial charge in [-0.2, -0.15) is 0 Å². The molecule has 0 unspecified atom stereocenters. The Balaban J connectivity index is 0.00000400. The van der Waals surface area contributed by atoms with Gasteiger partial charge in [0, 0.05) is 24.4 Å². The number of amides is 2. The standard InChI is InChI=1S/C13H22N4O2S.ClH/c1-13(2,3)16-10(18)7-17(4)12(19)9-8-20-11(15-9)5-6-14;/h8H,5-7,14H2,1-4H3,(H,16,18);1H. The average Bonchev–Trinajstić information content (AvgIpc) is 2.74. The van der Waals surface area contributed by atoms with E-state index in [1.165, 1.54) is 16.2 Å². The quantitative estimate of drug-likeness (QED) is 0.842. The maximum absolute atomic E-state index is 12.1. The van der Waals surface area contributed by atoms with E-state index in [0.29, 0.717) is 18.7 Å². The van der Waals surface area contributed by atoms with Gasteiger partial charge in [-0.3, -0.25) is 9.59 Å². The van der Waals surface area contributed by atoms with Crippen LogP contribution < -0.4 is 11.1 Å². The second kappa shape index (κ2) is 8.31. The summed E-state index contributed by atoms with van der Waals surface area (Å²) in [5, 5.41) is 5.35. The Hall–Kier alpha value is -1.18. The summed E-state index contributed by atoms with van der Waals surface area (Å²) in [6.07, 6.45) is 0.659. The molecule has 1 heterocycles. The summed E-state index contributed by atoms with van der Waals surface area (Å²) in [6.45, 7) is 6.20. The third-order valence-electron chi connectivity index (χ3n) is 2.37. The molecule has 0 saturated carbocycles. The number of hydrogen-bond donors (Lipinski definition) is 2. The number of nitrogens with two attached hydrogens (primary N) is 1. The fraction of sp³-hybridized carbons (Fsp3) is 0.615. The lowest BCUT2D eigenvalue weighted by Gasteiger charge is -2.23. The van der Waals surface area contributed by atoms with Crippen LogP contribution in [0.5, 0.6) is 0 Å². The molecular formula is C13H23ClN4O2S. The molecule has 0 radical (unpaired) electrons. The van der Waals surface area contributed by atoms with Gasteiger partial charge in [0.1, 0.15) is 5.69 Å². The van der Waals surface area contributed by atoms with Crippen LogP contribution in [0, 0.1) is 0 Å². The van der Waals surface area contributed by atoms with E-state index in [9.17, 15) is 9.59 Å². The normalized spacial score (nSPS) is 10.7. The summed E-state index contributed by atoms with van der Waals surface area (Å²) in [5.41, 5.74) is 5.50. The molecule has 0 fully saturated rings. The van der Waals surface area contributed by atoms with Crippen LogP contribution in [0.2, 0.25) is 0 Å². The Bertz CT molecular complexity index is 485. The highest BCUT2D eigenvalue weighted by molar-refractivity contribution is 7.09. The van der Waals surface area contributed by atoms with Crippen molar-refractivity contribution in [3.8, 4) is 0 Å². The Kier molecular flexibility index (Phi) is 7.84. The number of halogens is 1. The first-order chi connectivity index (χ1) is 9.23. The predicted molar refractivity (Wildman–Crippen MR) is 87.0 cm³/mol. The third-order valence-corrected chi connectivity index (χ3v) is 3.28. The molecule has 2 amide bonds. The fourth-order valence-corrected chi connectivity index (χ4v) is 2.38. The van der Waals surface area contributed by atoms with Crippen LogP contribution in [0.15, 0.2) is 5.38 Å². The minimum absolute atomic E-state index is 0. The molecule has 0 aliphatic rings. The van der Waals surface area contributed by atoms with E-state index >= 15 is 0 Å². The van der Waals surface area contributed by atoms with Crippen LogP contribution in [0.1, 0.15) is 36.3 Å². The predicted octanol–water partition coefficient (Wildman–Crippen LogP) is 1.05. The number of carbonyl (C=O) groups excluding carboxylic acids is 2. The molecule has 0 aliphatic carbocycles. The minimum atomic E-state index is -0.310. The Morgan fingerprint density at radius 1 is 1.43 bits per heavy atom. The zero-order chi connectivity index (χ0) is 15.3. The first-order valence-corrected chi connectivity index (χ1v) is 7.32. The summed E-state index contributed by atoms with van der Waals surface area (Å²) in [6, 6.07) is 0. The molecule has 1 aromatic rings. The zero-order valence-electron chi connectivity index (χ0n) is 12.8. The van der Waals surface area contributed by atoms with Gasteiger partial charge in [0.2, 0.25) is 5.91 Å². The number of hydrogen-bond acceptors (Lipinski definition) is 5. The SMILES string of the molecule is CN(CC(=O)NC(C)(C)C)C(=O)c1csc(CCN)n1.Cl. The number of likely N-dealkylation sites (N-methyl/N-ethyl adjacent to an activating group) is 1. The van der Waals surface area contributed by atoms with E-state index in [2.05, 4.69) is 10.3 Å². The molecule has 0 aliphatic heterocycles. The number of rotatable bonds is 5. The summed E-state index contributed by atoms with van der Waals surface area (Å²) < 4.78 is 0. The Morgan fingerprint density at radius 2 is 2.05 bits per heavy atom. The number of thiazole rings is 1. The van der Waals surface area contributed by atoms with Crippen molar-refractivity contribution in [2.24, 2.45) is 5.73 Å². The van der Waals surface area contributed by atoms with E-state index in [1.807, 2.05) is 20.8 Å². The summed E-state index contributed by atoms with van der Waals surface area (Å²) in [5.74, 6) is -0.445. The molecule has 8 heteroatoms. The van der Waals surface area contributed by atoms with Gasteiger partial charge in [0.05, 0.1) is 11.6 Å². The maximum Gasteiger partial charge on any atom is 0.273 e. The zero-order valence-corrected chi connectivity index (χ0v) is 14.4. The first kappa shape index (κ1) is 19.8. The van der Waals surface area contributed by atoms with Crippen molar-refractivity contribution >= 4 is 35.6 Å². The van der Waals surface area contributed by atoms with Crippen molar-refractivity contribution < 1.29 is 9.59 Å². The third kappa shape index (κ3) is 6.88. The van der Waals surface area contributed by atoms with Crippen LogP contribution >= 0.6 is 23.7 Å². The van der Waals surface area contributed by atoms with Crippen molar-refractivity contribution in [1.82, 2.24) is 15.2 Å². The second-order valence-electron chi connectivity index (χ2n) is 5.62. The van der Waals surface area contributed by atoms with Gasteiger partial charge >= 0.3 is 0 Å². The summed E-state index contributed by atoms with van der Waals surface area (Å²) in [7, 11) is 1.59. The highest BCUT2D eigenvalue weighted by Crippen LogP contribution is 2.11. The summed E-state index contributed by atoms with van der Waals surface area (Å²) >= 11 is 1.41. The largest absolute Gasteiger partial charge is 0.350 e. The lowest BCUT2D eigenvalue weighted by Crippen LogP contribution is -2.46. The highest BCUT2D eigenvalue weighted by Gasteiger charge is 2.20. The van der Waals surface area contributed by atoms with Crippen molar-refractivity contribution in [3.05, 3.63) is 16.1 Å². The highest BCUT2D eigenvalue weighted by atomic mass is 35.5. The molecule has 1 aromatic heterocycles. The van der Waals surface area contributed by atoms with E-state index in [1.54, 1.807) is 12.4 Å². The molecular weight excluding hydrogens is 312 g/mol. The van der Waals surface area contributed by atoms with Crippen molar-refractivity contribution in [2.45, 2.75) is 32.7 Å². The fourth-order valence-electron chi connectivity index (χ4n) is 1.59. The molecule has 3 N–H and O–H groups in total. The van der Waals surface area contributed by atoms with Crippen LogP contribution in [0.25, 0.3) is 0 Å². The molecule has 120 valence electrons. The minimum Gasteiger partial charge on any atom is -0.350 e. The number of nitrogens with zero attached hydrogens (tertiary/aromatic N) is 2. The van der Waals surface area contributed by atoms with Gasteiger partial charge in [-0.15, -0.1) is 23.7 Å². The molecule has 6 nitrogen and oxygen atoms in total. The molecule has 0 aromatic carbocycles. The van der Waals surface area contributed by atoms with Gasteiger partial charge < -0.3 is 16.0 Å². The number of aromatic nitrogens is 1. The van der Waals surface area contributed by atoms with Gasteiger partial charge in [-0.05, 0) is 27.3 Å². The van der Waals surface area contributed by atoms with E-state index in [4.69, 9.17) is 5.73 Å². The van der Waals surface area contributed by atoms with Gasteiger partial charge in [0.25, 0.3) is 5.91 Å². The van der Waals surface area contributed by atoms with E-state index < -0.39 is 0 Å². The Morgan fingerprint density at radius 3 is 2.57 bits per heavy atom. The second-order valence-corrected chi connectivity index (χ2v) is 6.57. The van der Waals surface area contributed by atoms with Crippen molar-refractivity contribution in [1.29, 1.82) is 0 Å². The molecule has 0 bridgehead atoms. The molecule has 1 rings (SSSR count). The summed E-state index contributed by atoms with van der Waals surface area (Å²) in [4.78, 5) is 29.5. The van der Waals surface area contributed by atoms with Gasteiger partial charge in [-0.25, -0.2) is 4.98 Å². The smallest absolute Gasteiger partial charge is 0.273 e. The van der Waals surface area contributed by atoms with E-state index in [0.717, 1.165) is 5.01 Å². The van der Waals surface area contributed by atoms with E-state index in [-0.39, 0.29) is 36.3 Å². The number of nitrogens with one attached hydrogen (secondary N) is 1. The lowest BCUT2D eigenvalue weighted by atomic mass is 10.1. The molecule has 21 heavy (non-hydrogen) atoms. The average molecular weight is 335 g/mol. The van der Waals surface area contributed by atoms with Crippen LogP contribution in [-0.2, 0) is 11.2 Å².